The second-order valence-electron chi connectivity index (χ2n) is 5.27. The molecule has 0 saturated carbocycles. The van der Waals surface area contributed by atoms with Crippen LogP contribution in [0.3, 0.4) is 0 Å². The molecule has 0 radical (unpaired) electrons. The average molecular weight is 264 g/mol. The van der Waals surface area contributed by atoms with Crippen LogP contribution < -0.4 is 15.8 Å². The third-order valence-electron chi connectivity index (χ3n) is 3.20. The Kier molecular flexibility index (Phi) is 7.53. The molecule has 0 heterocycles. The largest absolute Gasteiger partial charge is 0.494 e. The Morgan fingerprint density at radius 3 is 2.63 bits per heavy atom. The van der Waals surface area contributed by atoms with Gasteiger partial charge < -0.3 is 15.8 Å². The van der Waals surface area contributed by atoms with Crippen molar-refractivity contribution in [3.8, 4) is 5.75 Å². The molecule has 0 unspecified atom stereocenters. The number of hydrogen-bond acceptors (Lipinski definition) is 3. The van der Waals surface area contributed by atoms with E-state index >= 15 is 0 Å². The molecular weight excluding hydrogens is 236 g/mol. The summed E-state index contributed by atoms with van der Waals surface area (Å²) in [5, 5.41) is 3.28. The van der Waals surface area contributed by atoms with Gasteiger partial charge in [0.1, 0.15) is 5.75 Å². The van der Waals surface area contributed by atoms with Crippen molar-refractivity contribution < 1.29 is 4.74 Å². The van der Waals surface area contributed by atoms with Gasteiger partial charge in [0.25, 0.3) is 0 Å². The molecule has 1 aromatic carbocycles. The summed E-state index contributed by atoms with van der Waals surface area (Å²) in [4.78, 5) is 0. The summed E-state index contributed by atoms with van der Waals surface area (Å²) < 4.78 is 5.78. The van der Waals surface area contributed by atoms with Crippen molar-refractivity contribution >= 4 is 0 Å². The summed E-state index contributed by atoms with van der Waals surface area (Å²) in [7, 11) is 0. The SMILES string of the molecule is Cc1cc(OCCCCNCCN)ccc1C(C)C. The molecule has 0 aliphatic rings. The first kappa shape index (κ1) is 16.0. The Labute approximate surface area is 117 Å². The molecule has 0 bridgehead atoms. The van der Waals surface area contributed by atoms with Gasteiger partial charge in [0.2, 0.25) is 0 Å². The lowest BCUT2D eigenvalue weighted by molar-refractivity contribution is 0.305. The van der Waals surface area contributed by atoms with Crippen molar-refractivity contribution in [1.29, 1.82) is 0 Å². The van der Waals surface area contributed by atoms with Gasteiger partial charge in [-0.15, -0.1) is 0 Å². The molecule has 108 valence electrons. The number of benzene rings is 1. The Morgan fingerprint density at radius 2 is 2.00 bits per heavy atom. The van der Waals surface area contributed by atoms with Crippen molar-refractivity contribution in [2.75, 3.05) is 26.2 Å². The van der Waals surface area contributed by atoms with E-state index in [-0.39, 0.29) is 0 Å². The Morgan fingerprint density at radius 1 is 1.21 bits per heavy atom. The predicted octanol–water partition coefficient (Wildman–Crippen LogP) is 2.83. The van der Waals surface area contributed by atoms with E-state index in [4.69, 9.17) is 10.5 Å². The van der Waals surface area contributed by atoms with Gasteiger partial charge in [0.05, 0.1) is 6.61 Å². The van der Waals surface area contributed by atoms with E-state index in [1.807, 2.05) is 0 Å². The number of rotatable bonds is 9. The first-order chi connectivity index (χ1) is 9.15. The third kappa shape index (κ3) is 6.08. The molecule has 1 aromatic rings. The summed E-state index contributed by atoms with van der Waals surface area (Å²) in [5.41, 5.74) is 8.12. The zero-order valence-corrected chi connectivity index (χ0v) is 12.5. The van der Waals surface area contributed by atoms with Crippen molar-refractivity contribution in [2.45, 2.75) is 39.5 Å². The van der Waals surface area contributed by atoms with Crippen LogP contribution in [0.4, 0.5) is 0 Å². The van der Waals surface area contributed by atoms with Crippen LogP contribution in [0.2, 0.25) is 0 Å². The fourth-order valence-corrected chi connectivity index (χ4v) is 2.15. The number of ether oxygens (including phenoxy) is 1. The van der Waals surface area contributed by atoms with Crippen LogP contribution in [0, 0.1) is 6.92 Å². The fraction of sp³-hybridized carbons (Fsp3) is 0.625. The molecule has 3 heteroatoms. The first-order valence-electron chi connectivity index (χ1n) is 7.29. The van der Waals surface area contributed by atoms with Crippen LogP contribution in [0.5, 0.6) is 5.75 Å². The van der Waals surface area contributed by atoms with Gasteiger partial charge >= 0.3 is 0 Å². The van der Waals surface area contributed by atoms with Crippen LogP contribution in [0.25, 0.3) is 0 Å². The normalized spacial score (nSPS) is 11.0. The number of hydrogen-bond donors (Lipinski definition) is 2. The highest BCUT2D eigenvalue weighted by atomic mass is 16.5. The standard InChI is InChI=1S/C16H28N2O/c1-13(2)16-7-6-15(12-14(16)3)19-11-5-4-9-18-10-8-17/h6-7,12-13,18H,4-5,8-11,17H2,1-3H3. The maximum Gasteiger partial charge on any atom is 0.119 e. The van der Waals surface area contributed by atoms with Crippen molar-refractivity contribution in [2.24, 2.45) is 5.73 Å². The molecule has 0 amide bonds. The van der Waals surface area contributed by atoms with E-state index in [0.717, 1.165) is 38.3 Å². The van der Waals surface area contributed by atoms with Crippen molar-refractivity contribution in [3.05, 3.63) is 29.3 Å². The second kappa shape index (κ2) is 8.94. The average Bonchev–Trinajstić information content (AvgIpc) is 2.37. The van der Waals surface area contributed by atoms with Crippen LogP contribution in [0.1, 0.15) is 43.7 Å². The first-order valence-corrected chi connectivity index (χ1v) is 7.29. The van der Waals surface area contributed by atoms with Crippen LogP contribution in [-0.4, -0.2) is 26.2 Å². The molecule has 3 N–H and O–H groups in total. The topological polar surface area (TPSA) is 47.3 Å². The van der Waals surface area contributed by atoms with E-state index < -0.39 is 0 Å². The van der Waals surface area contributed by atoms with E-state index in [0.29, 0.717) is 12.5 Å². The Balaban J connectivity index is 2.25. The predicted molar refractivity (Wildman–Crippen MR) is 81.9 cm³/mol. The Hall–Kier alpha value is -1.06. The fourth-order valence-electron chi connectivity index (χ4n) is 2.15. The van der Waals surface area contributed by atoms with Gasteiger partial charge in [-0.2, -0.15) is 0 Å². The molecule has 19 heavy (non-hydrogen) atoms. The van der Waals surface area contributed by atoms with Crippen molar-refractivity contribution in [3.63, 3.8) is 0 Å². The summed E-state index contributed by atoms with van der Waals surface area (Å²) in [6, 6.07) is 6.40. The van der Waals surface area contributed by atoms with Crippen molar-refractivity contribution in [1.82, 2.24) is 5.32 Å². The smallest absolute Gasteiger partial charge is 0.119 e. The maximum atomic E-state index is 5.78. The highest BCUT2D eigenvalue weighted by Crippen LogP contribution is 2.23. The maximum absolute atomic E-state index is 5.78. The summed E-state index contributed by atoms with van der Waals surface area (Å²) in [5.74, 6) is 1.56. The minimum atomic E-state index is 0.572. The number of unbranched alkanes of at least 4 members (excludes halogenated alkanes) is 1. The monoisotopic (exact) mass is 264 g/mol. The van der Waals surface area contributed by atoms with E-state index in [1.54, 1.807) is 0 Å². The summed E-state index contributed by atoms with van der Waals surface area (Å²) in [6.07, 6.45) is 2.20. The molecule has 0 saturated heterocycles. The van der Waals surface area contributed by atoms with Gasteiger partial charge in [-0.1, -0.05) is 19.9 Å². The summed E-state index contributed by atoms with van der Waals surface area (Å²) in [6.45, 7) is 10.00. The van der Waals surface area contributed by atoms with Gasteiger partial charge in [-0.3, -0.25) is 0 Å². The number of nitrogens with one attached hydrogen (secondary N) is 1. The number of nitrogens with two attached hydrogens (primary N) is 1. The van der Waals surface area contributed by atoms with Gasteiger partial charge in [0, 0.05) is 13.1 Å². The lowest BCUT2D eigenvalue weighted by Crippen LogP contribution is -2.23. The lowest BCUT2D eigenvalue weighted by atomic mass is 9.98. The van der Waals surface area contributed by atoms with Crippen LogP contribution in [0.15, 0.2) is 18.2 Å². The molecule has 0 fully saturated rings. The van der Waals surface area contributed by atoms with Crippen LogP contribution in [-0.2, 0) is 0 Å². The molecule has 0 aliphatic heterocycles. The molecule has 0 aromatic heterocycles. The molecule has 0 spiro atoms. The van der Waals surface area contributed by atoms with Gasteiger partial charge in [-0.05, 0) is 55.5 Å². The van der Waals surface area contributed by atoms with E-state index in [1.165, 1.54) is 11.1 Å². The highest BCUT2D eigenvalue weighted by molar-refractivity contribution is 5.36. The second-order valence-corrected chi connectivity index (χ2v) is 5.27. The Bertz CT molecular complexity index is 364. The lowest BCUT2D eigenvalue weighted by Gasteiger charge is -2.12. The molecular formula is C16H28N2O. The molecule has 0 atom stereocenters. The van der Waals surface area contributed by atoms with E-state index in [9.17, 15) is 0 Å². The summed E-state index contributed by atoms with van der Waals surface area (Å²) >= 11 is 0. The third-order valence-corrected chi connectivity index (χ3v) is 3.20. The van der Waals surface area contributed by atoms with Crippen LogP contribution >= 0.6 is 0 Å². The molecule has 1 rings (SSSR count). The van der Waals surface area contributed by atoms with Gasteiger partial charge in [-0.25, -0.2) is 0 Å². The van der Waals surface area contributed by atoms with Gasteiger partial charge in [0.15, 0.2) is 0 Å². The minimum absolute atomic E-state index is 0.572. The minimum Gasteiger partial charge on any atom is -0.494 e. The molecule has 0 aliphatic carbocycles. The zero-order valence-electron chi connectivity index (χ0n) is 12.5. The highest BCUT2D eigenvalue weighted by Gasteiger charge is 2.04. The zero-order chi connectivity index (χ0) is 14.1. The molecule has 3 nitrogen and oxygen atoms in total. The number of aryl methyl sites for hydroxylation is 1. The quantitative estimate of drug-likeness (QED) is 0.674. The van der Waals surface area contributed by atoms with E-state index in [2.05, 4.69) is 44.3 Å².